The number of aromatic nitrogens is 2. The third-order valence-corrected chi connectivity index (χ3v) is 3.75. The fraction of sp³-hybridized carbons (Fsp3) is 0.750. The van der Waals surface area contributed by atoms with Crippen LogP contribution in [0.5, 0.6) is 0 Å². The van der Waals surface area contributed by atoms with Crippen molar-refractivity contribution in [2.45, 2.75) is 71.9 Å². The third kappa shape index (κ3) is 4.64. The topological polar surface area (TPSA) is 53.6 Å². The number of unbranched alkanes of at least 4 members (excludes halogenated alkanes) is 1. The lowest BCUT2D eigenvalue weighted by atomic mass is 9.96. The van der Waals surface area contributed by atoms with Gasteiger partial charge >= 0.3 is 0 Å². The Morgan fingerprint density at radius 1 is 1.30 bits per heavy atom. The predicted molar refractivity (Wildman–Crippen MR) is 82.5 cm³/mol. The maximum Gasteiger partial charge on any atom is 0.103 e. The molecule has 1 N–H and O–H groups in total. The molecule has 0 radical (unpaired) electrons. The summed E-state index contributed by atoms with van der Waals surface area (Å²) in [6.45, 7) is 10.1. The molecule has 0 aliphatic heterocycles. The minimum Gasteiger partial charge on any atom is -0.300 e. The normalized spacial score (nSPS) is 13.9. The van der Waals surface area contributed by atoms with Crippen LogP contribution in [0.3, 0.4) is 0 Å². The molecule has 1 rings (SSSR count). The Kier molecular flexibility index (Phi) is 6.74. The highest BCUT2D eigenvalue weighted by Crippen LogP contribution is 2.14. The summed E-state index contributed by atoms with van der Waals surface area (Å²) >= 11 is 0. The van der Waals surface area contributed by atoms with E-state index in [4.69, 9.17) is 0 Å². The van der Waals surface area contributed by atoms with Crippen molar-refractivity contribution in [3.8, 4) is 6.07 Å². The van der Waals surface area contributed by atoms with Crippen molar-refractivity contribution in [2.75, 3.05) is 6.54 Å². The van der Waals surface area contributed by atoms with Crippen molar-refractivity contribution in [2.24, 2.45) is 0 Å². The molecule has 0 fully saturated rings. The zero-order valence-corrected chi connectivity index (χ0v) is 13.4. The molecular weight excluding hydrogens is 248 g/mol. The monoisotopic (exact) mass is 276 g/mol. The largest absolute Gasteiger partial charge is 0.300 e. The van der Waals surface area contributed by atoms with Gasteiger partial charge in [0, 0.05) is 12.2 Å². The van der Waals surface area contributed by atoms with Crippen LogP contribution in [0.2, 0.25) is 0 Å². The van der Waals surface area contributed by atoms with Gasteiger partial charge in [0.05, 0.1) is 11.8 Å². The SMILES string of the molecule is CCNC(C)(C#N)CCCCn1nc(CC)cc1CC. The lowest BCUT2D eigenvalue weighted by Gasteiger charge is -2.22. The van der Waals surface area contributed by atoms with Gasteiger partial charge in [-0.1, -0.05) is 20.8 Å². The highest BCUT2D eigenvalue weighted by atomic mass is 15.3. The van der Waals surface area contributed by atoms with Crippen molar-refractivity contribution >= 4 is 0 Å². The van der Waals surface area contributed by atoms with Crippen LogP contribution in [-0.2, 0) is 19.4 Å². The first-order valence-electron chi connectivity index (χ1n) is 7.80. The van der Waals surface area contributed by atoms with Crippen molar-refractivity contribution in [1.82, 2.24) is 15.1 Å². The molecular formula is C16H28N4. The molecule has 4 nitrogen and oxygen atoms in total. The summed E-state index contributed by atoms with van der Waals surface area (Å²) in [5, 5.41) is 17.1. The maximum atomic E-state index is 9.22. The van der Waals surface area contributed by atoms with Gasteiger partial charge in [-0.15, -0.1) is 0 Å². The van der Waals surface area contributed by atoms with E-state index >= 15 is 0 Å². The summed E-state index contributed by atoms with van der Waals surface area (Å²) in [5.74, 6) is 0. The lowest BCUT2D eigenvalue weighted by Crippen LogP contribution is -2.40. The molecule has 1 aromatic rings. The van der Waals surface area contributed by atoms with E-state index in [0.29, 0.717) is 0 Å². The maximum absolute atomic E-state index is 9.22. The van der Waals surface area contributed by atoms with Gasteiger partial charge in [-0.05, 0) is 51.6 Å². The van der Waals surface area contributed by atoms with Gasteiger partial charge in [0.25, 0.3) is 0 Å². The number of hydrogen-bond donors (Lipinski definition) is 1. The molecule has 0 saturated carbocycles. The van der Waals surface area contributed by atoms with E-state index in [0.717, 1.165) is 45.2 Å². The van der Waals surface area contributed by atoms with Gasteiger partial charge in [-0.2, -0.15) is 10.4 Å². The average molecular weight is 276 g/mol. The molecule has 4 heteroatoms. The van der Waals surface area contributed by atoms with Crippen LogP contribution in [-0.4, -0.2) is 21.9 Å². The molecule has 112 valence electrons. The number of aryl methyl sites for hydroxylation is 3. The second kappa shape index (κ2) is 8.06. The Balaban J connectivity index is 2.45. The quantitative estimate of drug-likeness (QED) is 0.705. The summed E-state index contributed by atoms with van der Waals surface area (Å²) in [4.78, 5) is 0. The minimum atomic E-state index is -0.388. The summed E-state index contributed by atoms with van der Waals surface area (Å²) in [6, 6.07) is 4.59. The molecule has 0 aliphatic rings. The van der Waals surface area contributed by atoms with Gasteiger partial charge in [0.2, 0.25) is 0 Å². The molecule has 1 heterocycles. The number of nitrogens with zero attached hydrogens (tertiary/aromatic N) is 3. The zero-order chi connectivity index (χ0) is 15.0. The number of nitrogens with one attached hydrogen (secondary N) is 1. The standard InChI is InChI=1S/C16H28N4/c1-5-14-12-15(6-2)20(19-14)11-9-8-10-16(4,13-17)18-7-3/h12,18H,5-11H2,1-4H3. The first kappa shape index (κ1) is 16.7. The van der Waals surface area contributed by atoms with Gasteiger partial charge in [0.15, 0.2) is 0 Å². The van der Waals surface area contributed by atoms with Crippen LogP contribution in [0.25, 0.3) is 0 Å². The molecule has 0 bridgehead atoms. The molecule has 0 aliphatic carbocycles. The van der Waals surface area contributed by atoms with Crippen LogP contribution in [0.1, 0.15) is 58.3 Å². The molecule has 1 unspecified atom stereocenters. The summed E-state index contributed by atoms with van der Waals surface area (Å²) in [5.41, 5.74) is 2.11. The predicted octanol–water partition coefficient (Wildman–Crippen LogP) is 3.07. The Morgan fingerprint density at radius 3 is 2.60 bits per heavy atom. The first-order valence-corrected chi connectivity index (χ1v) is 7.80. The highest BCUT2D eigenvalue weighted by molar-refractivity contribution is 5.10. The van der Waals surface area contributed by atoms with E-state index in [1.54, 1.807) is 0 Å². The second-order valence-electron chi connectivity index (χ2n) is 5.49. The molecule has 0 amide bonds. The highest BCUT2D eigenvalue weighted by Gasteiger charge is 2.21. The Morgan fingerprint density at radius 2 is 2.05 bits per heavy atom. The van der Waals surface area contributed by atoms with E-state index in [2.05, 4.69) is 41.1 Å². The van der Waals surface area contributed by atoms with Gasteiger partial charge in [0.1, 0.15) is 5.54 Å². The van der Waals surface area contributed by atoms with Gasteiger partial charge in [-0.25, -0.2) is 0 Å². The summed E-state index contributed by atoms with van der Waals surface area (Å²) < 4.78 is 2.13. The molecule has 1 aromatic heterocycles. The smallest absolute Gasteiger partial charge is 0.103 e. The Hall–Kier alpha value is -1.34. The van der Waals surface area contributed by atoms with Crippen LogP contribution < -0.4 is 5.32 Å². The second-order valence-corrected chi connectivity index (χ2v) is 5.49. The van der Waals surface area contributed by atoms with Crippen molar-refractivity contribution in [3.05, 3.63) is 17.5 Å². The molecule has 0 aromatic carbocycles. The van der Waals surface area contributed by atoms with E-state index in [-0.39, 0.29) is 5.54 Å². The van der Waals surface area contributed by atoms with Crippen LogP contribution in [0, 0.1) is 11.3 Å². The van der Waals surface area contributed by atoms with E-state index in [1.165, 1.54) is 11.4 Å². The van der Waals surface area contributed by atoms with Crippen LogP contribution in [0.15, 0.2) is 6.07 Å². The third-order valence-electron chi connectivity index (χ3n) is 3.75. The minimum absolute atomic E-state index is 0.388. The van der Waals surface area contributed by atoms with Gasteiger partial charge < -0.3 is 0 Å². The Bertz CT molecular complexity index is 444. The van der Waals surface area contributed by atoms with Crippen LogP contribution in [0.4, 0.5) is 0 Å². The van der Waals surface area contributed by atoms with E-state index < -0.39 is 0 Å². The van der Waals surface area contributed by atoms with E-state index in [1.807, 2.05) is 13.8 Å². The number of hydrogen-bond acceptors (Lipinski definition) is 3. The van der Waals surface area contributed by atoms with Crippen molar-refractivity contribution < 1.29 is 0 Å². The summed E-state index contributed by atoms with van der Waals surface area (Å²) in [7, 11) is 0. The first-order chi connectivity index (χ1) is 9.58. The molecule has 20 heavy (non-hydrogen) atoms. The Labute approximate surface area is 123 Å². The average Bonchev–Trinajstić information content (AvgIpc) is 2.86. The fourth-order valence-electron chi connectivity index (χ4n) is 2.48. The summed E-state index contributed by atoms with van der Waals surface area (Å²) in [6.07, 6.45) is 5.02. The number of rotatable bonds is 9. The van der Waals surface area contributed by atoms with E-state index in [9.17, 15) is 5.26 Å². The lowest BCUT2D eigenvalue weighted by molar-refractivity contribution is 0.399. The number of nitriles is 1. The molecule has 1 atom stereocenters. The van der Waals surface area contributed by atoms with Gasteiger partial charge in [-0.3, -0.25) is 10.00 Å². The molecule has 0 saturated heterocycles. The molecule has 0 spiro atoms. The zero-order valence-electron chi connectivity index (χ0n) is 13.4. The van der Waals surface area contributed by atoms with Crippen molar-refractivity contribution in [3.63, 3.8) is 0 Å². The van der Waals surface area contributed by atoms with Crippen molar-refractivity contribution in [1.29, 1.82) is 5.26 Å². The van der Waals surface area contributed by atoms with Crippen LogP contribution >= 0.6 is 0 Å². The fourth-order valence-corrected chi connectivity index (χ4v) is 2.48.